The summed E-state index contributed by atoms with van der Waals surface area (Å²) in [5.74, 6) is -0.181. The molecule has 2 heterocycles. The SMILES string of the molecule is Cc1ccc([N+](=O)[O-])cc1S(=O)(=O)N1CCC(C(=O)N2CCCc3ccccc32)CC1. The van der Waals surface area contributed by atoms with Gasteiger partial charge in [-0.1, -0.05) is 24.3 Å². The molecule has 164 valence electrons. The van der Waals surface area contributed by atoms with Crippen LogP contribution in [0.2, 0.25) is 0 Å². The first kappa shape index (κ1) is 21.5. The first-order valence-electron chi connectivity index (χ1n) is 10.4. The van der Waals surface area contributed by atoms with Crippen molar-refractivity contribution in [3.63, 3.8) is 0 Å². The van der Waals surface area contributed by atoms with Crippen molar-refractivity contribution in [2.75, 3.05) is 24.5 Å². The predicted octanol–water partition coefficient (Wildman–Crippen LogP) is 3.28. The molecular formula is C22H25N3O5S. The van der Waals surface area contributed by atoms with E-state index in [1.807, 2.05) is 29.2 Å². The molecule has 1 saturated heterocycles. The van der Waals surface area contributed by atoms with E-state index in [0.29, 0.717) is 24.9 Å². The number of nitro groups is 1. The highest BCUT2D eigenvalue weighted by molar-refractivity contribution is 7.89. The van der Waals surface area contributed by atoms with Crippen LogP contribution in [0, 0.1) is 23.0 Å². The van der Waals surface area contributed by atoms with E-state index in [2.05, 4.69) is 0 Å². The van der Waals surface area contributed by atoms with E-state index in [0.717, 1.165) is 24.6 Å². The number of hydrogen-bond acceptors (Lipinski definition) is 5. The highest BCUT2D eigenvalue weighted by Crippen LogP contribution is 2.32. The fraction of sp³-hybridized carbons (Fsp3) is 0.409. The molecule has 0 aliphatic carbocycles. The van der Waals surface area contributed by atoms with Gasteiger partial charge in [-0.25, -0.2) is 8.42 Å². The van der Waals surface area contributed by atoms with Crippen LogP contribution >= 0.6 is 0 Å². The molecule has 0 aromatic heterocycles. The summed E-state index contributed by atoms with van der Waals surface area (Å²) in [7, 11) is -3.87. The molecule has 31 heavy (non-hydrogen) atoms. The molecule has 2 aromatic carbocycles. The topological polar surface area (TPSA) is 101 Å². The number of amides is 1. The maximum Gasteiger partial charge on any atom is 0.270 e. The van der Waals surface area contributed by atoms with Crippen molar-refractivity contribution in [3.05, 3.63) is 63.7 Å². The lowest BCUT2D eigenvalue weighted by Crippen LogP contribution is -2.45. The summed E-state index contributed by atoms with van der Waals surface area (Å²) in [6.07, 6.45) is 2.75. The lowest BCUT2D eigenvalue weighted by Gasteiger charge is -2.36. The van der Waals surface area contributed by atoms with E-state index in [1.165, 1.54) is 22.0 Å². The summed E-state index contributed by atoms with van der Waals surface area (Å²) in [6.45, 7) is 2.74. The second kappa shape index (κ2) is 8.39. The molecule has 9 heteroatoms. The largest absolute Gasteiger partial charge is 0.312 e. The number of nitrogens with zero attached hydrogens (tertiary/aromatic N) is 3. The second-order valence-corrected chi connectivity index (χ2v) is 10.0. The molecule has 0 unspecified atom stereocenters. The van der Waals surface area contributed by atoms with Crippen LogP contribution in [0.25, 0.3) is 0 Å². The third-order valence-corrected chi connectivity index (χ3v) is 8.22. The summed E-state index contributed by atoms with van der Waals surface area (Å²) in [4.78, 5) is 25.5. The fourth-order valence-corrected chi connectivity index (χ4v) is 6.16. The van der Waals surface area contributed by atoms with Crippen LogP contribution in [0.1, 0.15) is 30.4 Å². The van der Waals surface area contributed by atoms with Gasteiger partial charge in [0.05, 0.1) is 9.82 Å². The third kappa shape index (κ3) is 4.07. The number of fused-ring (bicyclic) bond motifs is 1. The number of nitro benzene ring substituents is 1. The number of non-ortho nitro benzene ring substituents is 1. The van der Waals surface area contributed by atoms with Crippen LogP contribution in [-0.2, 0) is 21.2 Å². The van der Waals surface area contributed by atoms with E-state index in [9.17, 15) is 23.3 Å². The Morgan fingerprint density at radius 3 is 2.52 bits per heavy atom. The summed E-state index contributed by atoms with van der Waals surface area (Å²) < 4.78 is 27.6. The number of para-hydroxylation sites is 1. The van der Waals surface area contributed by atoms with Crippen molar-refractivity contribution in [1.82, 2.24) is 4.31 Å². The maximum absolute atomic E-state index is 13.2. The number of hydrogen-bond donors (Lipinski definition) is 0. The van der Waals surface area contributed by atoms with Crippen molar-refractivity contribution >= 4 is 27.3 Å². The molecule has 2 aliphatic heterocycles. The lowest BCUT2D eigenvalue weighted by atomic mass is 9.94. The van der Waals surface area contributed by atoms with Gasteiger partial charge in [0.2, 0.25) is 15.9 Å². The zero-order chi connectivity index (χ0) is 22.2. The number of aryl methyl sites for hydroxylation is 2. The molecule has 0 saturated carbocycles. The molecule has 1 fully saturated rings. The molecule has 0 radical (unpaired) electrons. The predicted molar refractivity (Wildman–Crippen MR) is 116 cm³/mol. The van der Waals surface area contributed by atoms with Crippen molar-refractivity contribution in [2.24, 2.45) is 5.92 Å². The third-order valence-electron chi connectivity index (χ3n) is 6.18. The minimum Gasteiger partial charge on any atom is -0.312 e. The number of benzene rings is 2. The molecule has 0 atom stereocenters. The van der Waals surface area contributed by atoms with E-state index in [4.69, 9.17) is 0 Å². The van der Waals surface area contributed by atoms with E-state index >= 15 is 0 Å². The number of piperidine rings is 1. The van der Waals surface area contributed by atoms with E-state index in [-0.39, 0.29) is 35.5 Å². The first-order chi connectivity index (χ1) is 14.8. The average molecular weight is 444 g/mol. The lowest BCUT2D eigenvalue weighted by molar-refractivity contribution is -0.385. The Kier molecular flexibility index (Phi) is 5.81. The van der Waals surface area contributed by atoms with Gasteiger partial charge in [0, 0.05) is 43.4 Å². The summed E-state index contributed by atoms with van der Waals surface area (Å²) >= 11 is 0. The van der Waals surface area contributed by atoms with Gasteiger partial charge >= 0.3 is 0 Å². The van der Waals surface area contributed by atoms with Crippen LogP contribution in [0.5, 0.6) is 0 Å². The van der Waals surface area contributed by atoms with Crippen molar-refractivity contribution < 1.29 is 18.1 Å². The Morgan fingerprint density at radius 1 is 1.10 bits per heavy atom. The van der Waals surface area contributed by atoms with E-state index in [1.54, 1.807) is 6.92 Å². The van der Waals surface area contributed by atoms with Gasteiger partial charge in [0.15, 0.2) is 0 Å². The molecule has 2 aliphatic rings. The first-order valence-corrected chi connectivity index (χ1v) is 11.9. The van der Waals surface area contributed by atoms with Gasteiger partial charge in [-0.2, -0.15) is 4.31 Å². The Bertz CT molecular complexity index is 1120. The zero-order valence-corrected chi connectivity index (χ0v) is 18.2. The van der Waals surface area contributed by atoms with Gasteiger partial charge in [0.1, 0.15) is 0 Å². The van der Waals surface area contributed by atoms with Crippen LogP contribution < -0.4 is 4.90 Å². The summed E-state index contributed by atoms with van der Waals surface area (Å²) in [5.41, 5.74) is 2.34. The monoisotopic (exact) mass is 443 g/mol. The Labute approximate surface area is 181 Å². The Hall–Kier alpha value is -2.78. The highest BCUT2D eigenvalue weighted by Gasteiger charge is 2.36. The van der Waals surface area contributed by atoms with Gasteiger partial charge in [0.25, 0.3) is 5.69 Å². The molecule has 1 amide bonds. The number of rotatable bonds is 4. The van der Waals surface area contributed by atoms with E-state index < -0.39 is 14.9 Å². The normalized spacial score (nSPS) is 17.9. The van der Waals surface area contributed by atoms with Crippen LogP contribution in [-0.4, -0.2) is 43.2 Å². The average Bonchev–Trinajstić information content (AvgIpc) is 2.78. The quantitative estimate of drug-likeness (QED) is 0.533. The minimum atomic E-state index is -3.87. The highest BCUT2D eigenvalue weighted by atomic mass is 32.2. The standard InChI is InChI=1S/C22H25N3O5S/c1-16-8-9-19(25(27)28)15-21(16)31(29,30)23-13-10-18(11-14-23)22(26)24-12-4-6-17-5-2-3-7-20(17)24/h2-3,5,7-9,15,18H,4,6,10-14H2,1H3. The van der Waals surface area contributed by atoms with Gasteiger partial charge < -0.3 is 4.90 Å². The minimum absolute atomic E-state index is 0.0450. The fourth-order valence-electron chi connectivity index (χ4n) is 4.45. The van der Waals surface area contributed by atoms with Gasteiger partial charge in [-0.3, -0.25) is 14.9 Å². The van der Waals surface area contributed by atoms with Crippen molar-refractivity contribution in [2.45, 2.75) is 37.5 Å². The number of anilines is 1. The van der Waals surface area contributed by atoms with Crippen molar-refractivity contribution in [3.8, 4) is 0 Å². The van der Waals surface area contributed by atoms with Crippen molar-refractivity contribution in [1.29, 1.82) is 0 Å². The zero-order valence-electron chi connectivity index (χ0n) is 17.4. The van der Waals surface area contributed by atoms with Crippen LogP contribution in [0.4, 0.5) is 11.4 Å². The maximum atomic E-state index is 13.2. The molecule has 2 aromatic rings. The summed E-state index contributed by atoms with van der Waals surface area (Å²) in [5, 5.41) is 11.1. The molecule has 0 bridgehead atoms. The number of sulfonamides is 1. The van der Waals surface area contributed by atoms with Gasteiger partial charge in [-0.15, -0.1) is 0 Å². The summed E-state index contributed by atoms with van der Waals surface area (Å²) in [6, 6.07) is 11.8. The molecule has 8 nitrogen and oxygen atoms in total. The molecular weight excluding hydrogens is 418 g/mol. The van der Waals surface area contributed by atoms with Crippen LogP contribution in [0.3, 0.4) is 0 Å². The van der Waals surface area contributed by atoms with Crippen LogP contribution in [0.15, 0.2) is 47.4 Å². The second-order valence-electron chi connectivity index (χ2n) is 8.11. The smallest absolute Gasteiger partial charge is 0.270 e. The molecule has 4 rings (SSSR count). The molecule has 0 spiro atoms. The molecule has 0 N–H and O–H groups in total. The number of carbonyl (C=O) groups is 1. The van der Waals surface area contributed by atoms with Gasteiger partial charge in [-0.05, 0) is 49.8 Å². The number of carbonyl (C=O) groups excluding carboxylic acids is 1. The Morgan fingerprint density at radius 2 is 1.81 bits per heavy atom. The Balaban J connectivity index is 1.49.